The molecule has 10 rings (SSSR count). The molecule has 1 atom stereocenters. The third-order valence-electron chi connectivity index (χ3n) is 12.8. The first-order valence-corrected chi connectivity index (χ1v) is 26.5. The molecule has 0 fully saturated rings. The van der Waals surface area contributed by atoms with Gasteiger partial charge in [0.15, 0.2) is 16.8 Å². The van der Waals surface area contributed by atoms with E-state index in [1.807, 2.05) is 111 Å². The van der Waals surface area contributed by atoms with Crippen LogP contribution in [-0.2, 0) is 36.3 Å². The quantitative estimate of drug-likeness (QED) is 0.0645. The van der Waals surface area contributed by atoms with Crippen molar-refractivity contribution in [2.24, 2.45) is 7.05 Å². The monoisotopic (exact) mass is 1090 g/mol. The summed E-state index contributed by atoms with van der Waals surface area (Å²) < 4.78 is 1.63. The van der Waals surface area contributed by atoms with E-state index in [0.29, 0.717) is 70.1 Å². The van der Waals surface area contributed by atoms with Crippen LogP contribution in [0, 0.1) is 6.92 Å². The van der Waals surface area contributed by atoms with Crippen molar-refractivity contribution in [3.8, 4) is 0 Å². The molecule has 1 unspecified atom stereocenters. The van der Waals surface area contributed by atoms with Crippen LogP contribution in [0.3, 0.4) is 0 Å². The number of urea groups is 2. The molecule has 80 heavy (non-hydrogen) atoms. The number of thiazole rings is 1. The molecule has 0 saturated carbocycles. The summed E-state index contributed by atoms with van der Waals surface area (Å²) in [6.07, 6.45) is 12.0. The van der Waals surface area contributed by atoms with E-state index in [-0.39, 0.29) is 42.7 Å². The van der Waals surface area contributed by atoms with E-state index in [0.717, 1.165) is 16.8 Å². The predicted molar refractivity (Wildman–Crippen MR) is 311 cm³/mol. The van der Waals surface area contributed by atoms with Crippen LogP contribution in [0.25, 0.3) is 0 Å². The zero-order chi connectivity index (χ0) is 55.9. The molecule has 3 N–H and O–H groups in total. The number of rotatable bonds is 19. The highest BCUT2D eigenvalue weighted by Gasteiger charge is 2.45. The number of nitrogens with zero attached hydrogens (tertiary/aromatic N) is 14. The highest BCUT2D eigenvalue weighted by Crippen LogP contribution is 2.46. The Morgan fingerprint density at radius 3 is 2.04 bits per heavy atom. The van der Waals surface area contributed by atoms with E-state index < -0.39 is 18.1 Å². The van der Waals surface area contributed by atoms with Gasteiger partial charge in [-0.1, -0.05) is 84.9 Å². The second kappa shape index (κ2) is 23.9. The second-order valence-electron chi connectivity index (χ2n) is 19.6. The third-order valence-corrected chi connectivity index (χ3v) is 13.7. The Hall–Kier alpha value is -9.64. The molecule has 6 heterocycles. The summed E-state index contributed by atoms with van der Waals surface area (Å²) in [7, 11) is 9.41. The Morgan fingerprint density at radius 1 is 0.700 bits per heavy atom. The van der Waals surface area contributed by atoms with Gasteiger partial charge in [0.05, 0.1) is 41.1 Å². The molecular weight excluding hydrogens is 1030 g/mol. The number of likely N-dealkylation sites (N-methyl/N-ethyl adjacent to an activating group) is 2. The summed E-state index contributed by atoms with van der Waals surface area (Å²) in [5, 5.41) is 16.2. The van der Waals surface area contributed by atoms with Crippen molar-refractivity contribution in [2.75, 3.05) is 71.9 Å². The lowest BCUT2D eigenvalue weighted by Gasteiger charge is -2.46. The van der Waals surface area contributed by atoms with Crippen molar-refractivity contribution in [3.63, 3.8) is 0 Å². The summed E-state index contributed by atoms with van der Waals surface area (Å²) in [5.41, 5.74) is 5.72. The molecule has 2 aliphatic heterocycles. The van der Waals surface area contributed by atoms with Crippen LogP contribution in [0.4, 0.5) is 66.7 Å². The van der Waals surface area contributed by atoms with Gasteiger partial charge in [0, 0.05) is 86.3 Å². The van der Waals surface area contributed by atoms with Gasteiger partial charge in [-0.05, 0) is 82.6 Å². The standard InChI is InChI=1S/C58H59N17O4S/c1-39-38-80-56(62-39)67-55-59-31-42-36-71(34-40-17-9-7-10-18-40)57(78)74(51(42)65-55)47-24-14-23-46(30-47)73(50(77)26-16-28-69(4)5)53-48-33-60-54(64-44-32-61-70(6)37-44)66-52(48)75(58(79)72(53)35-41-19-11-8-12-20-41)45-22-13-21-43(29-45)63-49(76)25-15-27-68(2)3/h7-26,29-33,37-38,53H,27-28,34-36H2,1-6H3,(H,63,76)(H,60,64,66)(H,59,62,65,67)/b25-15+,26-16+. The van der Waals surface area contributed by atoms with Gasteiger partial charge in [-0.15, -0.1) is 11.3 Å². The van der Waals surface area contributed by atoms with Gasteiger partial charge >= 0.3 is 12.1 Å². The number of carbonyl (C=O) groups excluding carboxylic acids is 4. The molecule has 406 valence electrons. The molecule has 22 heteroatoms. The van der Waals surface area contributed by atoms with Crippen molar-refractivity contribution in [1.29, 1.82) is 0 Å². The van der Waals surface area contributed by atoms with Crippen LogP contribution in [0.5, 0.6) is 0 Å². The van der Waals surface area contributed by atoms with Crippen molar-refractivity contribution < 1.29 is 19.2 Å². The number of aromatic nitrogens is 7. The van der Waals surface area contributed by atoms with E-state index in [2.05, 4.69) is 31.0 Å². The van der Waals surface area contributed by atoms with E-state index in [1.54, 1.807) is 107 Å². The third kappa shape index (κ3) is 12.4. The van der Waals surface area contributed by atoms with Gasteiger partial charge in [0.25, 0.3) is 5.91 Å². The largest absolute Gasteiger partial charge is 0.332 e. The molecule has 0 spiro atoms. The Morgan fingerprint density at radius 2 is 1.35 bits per heavy atom. The normalized spacial score (nSPS) is 14.3. The molecule has 6 amide bonds. The lowest BCUT2D eigenvalue weighted by atomic mass is 10.0. The Balaban J connectivity index is 1.14. The first-order valence-electron chi connectivity index (χ1n) is 25.7. The predicted octanol–water partition coefficient (Wildman–Crippen LogP) is 9.51. The molecule has 8 aromatic rings. The van der Waals surface area contributed by atoms with Crippen LogP contribution >= 0.6 is 11.3 Å². The zero-order valence-corrected chi connectivity index (χ0v) is 45.8. The number of carbonyl (C=O) groups is 4. The average Bonchev–Trinajstić information content (AvgIpc) is 4.15. The lowest BCUT2D eigenvalue weighted by molar-refractivity contribution is -0.115. The number of fused-ring (bicyclic) bond motifs is 2. The molecule has 0 bridgehead atoms. The maximum atomic E-state index is 16.0. The lowest BCUT2D eigenvalue weighted by Crippen LogP contribution is -2.54. The maximum Gasteiger partial charge on any atom is 0.332 e. The number of amides is 6. The minimum atomic E-state index is -1.21. The van der Waals surface area contributed by atoms with E-state index in [9.17, 15) is 4.79 Å². The molecule has 2 aliphatic rings. The van der Waals surface area contributed by atoms with Crippen LogP contribution < -0.4 is 30.7 Å². The van der Waals surface area contributed by atoms with Crippen molar-refractivity contribution in [1.82, 2.24) is 54.3 Å². The van der Waals surface area contributed by atoms with E-state index >= 15 is 14.4 Å². The summed E-state index contributed by atoms with van der Waals surface area (Å²) in [6, 6.07) is 32.3. The van der Waals surface area contributed by atoms with Gasteiger partial charge in [0.1, 0.15) is 6.17 Å². The molecule has 0 radical (unpaired) electrons. The van der Waals surface area contributed by atoms with Crippen molar-refractivity contribution in [3.05, 3.63) is 192 Å². The number of hydrogen-bond acceptors (Lipinski definition) is 15. The summed E-state index contributed by atoms with van der Waals surface area (Å²) in [5.74, 6) is 0.0671. The minimum Gasteiger partial charge on any atom is -0.322 e. The van der Waals surface area contributed by atoms with Crippen molar-refractivity contribution in [2.45, 2.75) is 32.7 Å². The zero-order valence-electron chi connectivity index (χ0n) is 45.0. The highest BCUT2D eigenvalue weighted by molar-refractivity contribution is 7.13. The molecule has 21 nitrogen and oxygen atoms in total. The molecule has 4 aromatic heterocycles. The van der Waals surface area contributed by atoms with Gasteiger partial charge in [-0.3, -0.25) is 29.4 Å². The fourth-order valence-corrected chi connectivity index (χ4v) is 9.87. The van der Waals surface area contributed by atoms with Crippen LogP contribution in [0.1, 0.15) is 34.1 Å². The first kappa shape index (κ1) is 53.7. The topological polar surface area (TPSA) is 209 Å². The summed E-state index contributed by atoms with van der Waals surface area (Å²) in [4.78, 5) is 95.7. The Bertz CT molecular complexity index is 3600. The highest BCUT2D eigenvalue weighted by atomic mass is 32.1. The molecule has 0 aliphatic carbocycles. The van der Waals surface area contributed by atoms with Gasteiger partial charge in [0.2, 0.25) is 17.8 Å². The minimum absolute atomic E-state index is 0.0195. The summed E-state index contributed by atoms with van der Waals surface area (Å²) >= 11 is 1.41. The van der Waals surface area contributed by atoms with Crippen LogP contribution in [0.15, 0.2) is 164 Å². The smallest absolute Gasteiger partial charge is 0.322 e. The van der Waals surface area contributed by atoms with Gasteiger partial charge < -0.3 is 25.3 Å². The Labute approximate surface area is 467 Å². The molecule has 4 aromatic carbocycles. The average molecular weight is 1090 g/mol. The summed E-state index contributed by atoms with van der Waals surface area (Å²) in [6.45, 7) is 3.43. The number of anilines is 10. The van der Waals surface area contributed by atoms with E-state index in [4.69, 9.17) is 15.0 Å². The number of nitrogens with one attached hydrogen (secondary N) is 3. The second-order valence-corrected chi connectivity index (χ2v) is 20.5. The van der Waals surface area contributed by atoms with Crippen LogP contribution in [0.2, 0.25) is 0 Å². The molecule has 0 saturated heterocycles. The molecular formula is C58H59N17O4S. The number of hydrogen-bond donors (Lipinski definition) is 3. The first-order chi connectivity index (χ1) is 38.7. The SMILES string of the molecule is Cc1csc(Nc2ncc3c(n2)N(c2cccc(N(C(=O)/C=C/CN(C)C)C4c5cnc(Nc6cnn(C)c6)nc5N(c5cccc(NC(=O)/C=C/CN(C)C)c5)C(=O)N4Cc4ccccc4)c2)C(=O)N(Cc2ccccc2)C3)n1. The van der Waals surface area contributed by atoms with Gasteiger partial charge in [-0.25, -0.2) is 34.3 Å². The fourth-order valence-electron chi connectivity index (χ4n) is 9.18. The van der Waals surface area contributed by atoms with Gasteiger partial charge in [-0.2, -0.15) is 15.1 Å². The number of benzene rings is 4. The maximum absolute atomic E-state index is 16.0. The fraction of sp³-hybridized carbons (Fsp3) is 0.207. The van der Waals surface area contributed by atoms with Crippen molar-refractivity contribution >= 4 is 92.3 Å². The van der Waals surface area contributed by atoms with Crippen LogP contribution in [-0.4, -0.2) is 119 Å². The number of aryl methyl sites for hydroxylation is 2. The van der Waals surface area contributed by atoms with E-state index in [1.165, 1.54) is 38.2 Å². The Kier molecular flexibility index (Phi) is 16.1.